The Balaban J connectivity index is 2.27. The van der Waals surface area contributed by atoms with Gasteiger partial charge in [0, 0.05) is 12.1 Å². The van der Waals surface area contributed by atoms with Crippen LogP contribution in [0.4, 0.5) is 4.79 Å². The lowest BCUT2D eigenvalue weighted by Crippen LogP contribution is -2.46. The first-order chi connectivity index (χ1) is 9.92. The molecular weight excluding hydrogens is 270 g/mol. The van der Waals surface area contributed by atoms with Gasteiger partial charge in [0.15, 0.2) is 0 Å². The molecule has 0 saturated carbocycles. The van der Waals surface area contributed by atoms with E-state index in [1.807, 2.05) is 32.9 Å². The number of carbonyl (C=O) groups is 2. The van der Waals surface area contributed by atoms with E-state index < -0.39 is 5.60 Å². The largest absolute Gasteiger partial charge is 0.444 e. The maximum atomic E-state index is 12.4. The van der Waals surface area contributed by atoms with Gasteiger partial charge in [-0.1, -0.05) is 24.3 Å². The molecule has 0 aliphatic carbocycles. The molecule has 0 N–H and O–H groups in total. The van der Waals surface area contributed by atoms with E-state index in [-0.39, 0.29) is 12.1 Å². The maximum absolute atomic E-state index is 12.4. The lowest BCUT2D eigenvalue weighted by Gasteiger charge is -2.37. The first-order valence-electron chi connectivity index (χ1n) is 7.04. The zero-order chi connectivity index (χ0) is 15.5. The number of hydrogen-bond donors (Lipinski definition) is 0. The molecule has 1 unspecified atom stereocenters. The molecular formula is C16H21NO4. The second kappa shape index (κ2) is 6.26. The van der Waals surface area contributed by atoms with Crippen molar-refractivity contribution in [1.29, 1.82) is 0 Å². The Hall–Kier alpha value is -1.88. The van der Waals surface area contributed by atoms with Crippen molar-refractivity contribution in [3.63, 3.8) is 0 Å². The van der Waals surface area contributed by atoms with Crippen LogP contribution in [0.5, 0.6) is 0 Å². The number of carbonyl (C=O) groups excluding carboxylic acids is 2. The minimum Gasteiger partial charge on any atom is -0.444 e. The van der Waals surface area contributed by atoms with Gasteiger partial charge in [-0.25, -0.2) is 4.79 Å². The second-order valence-corrected chi connectivity index (χ2v) is 6.01. The molecule has 1 amide bonds. The number of aldehydes is 1. The van der Waals surface area contributed by atoms with Gasteiger partial charge in [-0.2, -0.15) is 0 Å². The number of amides is 1. The lowest BCUT2D eigenvalue weighted by atomic mass is 10.00. The van der Waals surface area contributed by atoms with E-state index in [1.165, 1.54) is 0 Å². The van der Waals surface area contributed by atoms with Crippen molar-refractivity contribution >= 4 is 12.4 Å². The van der Waals surface area contributed by atoms with Crippen molar-refractivity contribution in [3.05, 3.63) is 35.4 Å². The van der Waals surface area contributed by atoms with E-state index >= 15 is 0 Å². The molecule has 1 atom stereocenters. The molecule has 1 aliphatic heterocycles. The fourth-order valence-corrected chi connectivity index (χ4v) is 2.32. The zero-order valence-electron chi connectivity index (χ0n) is 12.7. The zero-order valence-corrected chi connectivity index (χ0v) is 12.7. The van der Waals surface area contributed by atoms with Gasteiger partial charge in [-0.3, -0.25) is 9.69 Å². The van der Waals surface area contributed by atoms with Gasteiger partial charge in [-0.15, -0.1) is 0 Å². The fraction of sp³-hybridized carbons (Fsp3) is 0.500. The maximum Gasteiger partial charge on any atom is 0.410 e. The summed E-state index contributed by atoms with van der Waals surface area (Å²) in [5, 5.41) is 0. The normalized spacial score (nSPS) is 19.2. The molecule has 5 heteroatoms. The number of benzene rings is 1. The number of rotatable bonds is 2. The molecule has 1 saturated heterocycles. The van der Waals surface area contributed by atoms with Gasteiger partial charge >= 0.3 is 6.09 Å². The Bertz CT molecular complexity index is 521. The highest BCUT2D eigenvalue weighted by Gasteiger charge is 2.32. The summed E-state index contributed by atoms with van der Waals surface area (Å²) in [5.41, 5.74) is 0.809. The summed E-state index contributed by atoms with van der Waals surface area (Å²) in [4.78, 5) is 25.2. The first-order valence-corrected chi connectivity index (χ1v) is 7.04. The van der Waals surface area contributed by atoms with E-state index in [0.717, 1.165) is 11.8 Å². The molecule has 5 nitrogen and oxygen atoms in total. The molecule has 0 aromatic heterocycles. The Morgan fingerprint density at radius 2 is 2.10 bits per heavy atom. The molecule has 21 heavy (non-hydrogen) atoms. The van der Waals surface area contributed by atoms with Gasteiger partial charge in [0.05, 0.1) is 19.3 Å². The van der Waals surface area contributed by atoms with Crippen LogP contribution in [0.1, 0.15) is 42.7 Å². The molecule has 1 fully saturated rings. The van der Waals surface area contributed by atoms with Gasteiger partial charge in [-0.05, 0) is 26.3 Å². The highest BCUT2D eigenvalue weighted by Crippen LogP contribution is 2.28. The minimum absolute atomic E-state index is 0.296. The summed E-state index contributed by atoms with van der Waals surface area (Å²) >= 11 is 0. The summed E-state index contributed by atoms with van der Waals surface area (Å²) in [7, 11) is 0. The Morgan fingerprint density at radius 1 is 1.38 bits per heavy atom. The summed E-state index contributed by atoms with van der Waals surface area (Å²) in [5.74, 6) is 0. The highest BCUT2D eigenvalue weighted by atomic mass is 16.6. The van der Waals surface area contributed by atoms with Crippen molar-refractivity contribution < 1.29 is 19.1 Å². The van der Waals surface area contributed by atoms with Crippen LogP contribution in [-0.4, -0.2) is 42.6 Å². The highest BCUT2D eigenvalue weighted by molar-refractivity contribution is 5.78. The van der Waals surface area contributed by atoms with Crippen molar-refractivity contribution in [1.82, 2.24) is 4.90 Å². The number of ether oxygens (including phenoxy) is 2. The van der Waals surface area contributed by atoms with E-state index in [2.05, 4.69) is 0 Å². The first kappa shape index (κ1) is 15.5. The van der Waals surface area contributed by atoms with Crippen molar-refractivity contribution in [2.45, 2.75) is 32.4 Å². The topological polar surface area (TPSA) is 55.8 Å². The lowest BCUT2D eigenvalue weighted by molar-refractivity contribution is -0.0332. The van der Waals surface area contributed by atoms with Crippen molar-refractivity contribution in [3.8, 4) is 0 Å². The van der Waals surface area contributed by atoms with E-state index in [4.69, 9.17) is 9.47 Å². The summed E-state index contributed by atoms with van der Waals surface area (Å²) in [6.45, 7) is 6.79. The molecule has 0 radical (unpaired) electrons. The summed E-state index contributed by atoms with van der Waals surface area (Å²) in [6.07, 6.45) is 0.425. The summed E-state index contributed by atoms with van der Waals surface area (Å²) < 4.78 is 10.9. The third-order valence-electron chi connectivity index (χ3n) is 3.24. The molecule has 114 valence electrons. The molecule has 1 aromatic rings. The third kappa shape index (κ3) is 3.82. The number of hydrogen-bond acceptors (Lipinski definition) is 4. The van der Waals surface area contributed by atoms with Crippen LogP contribution in [0, 0.1) is 0 Å². The average molecular weight is 291 g/mol. The Morgan fingerprint density at radius 3 is 2.76 bits per heavy atom. The van der Waals surface area contributed by atoms with Crippen LogP contribution in [0.15, 0.2) is 24.3 Å². The predicted octanol–water partition coefficient (Wildman–Crippen LogP) is 2.81. The van der Waals surface area contributed by atoms with Crippen LogP contribution in [0.3, 0.4) is 0 Å². The van der Waals surface area contributed by atoms with E-state index in [0.29, 0.717) is 25.3 Å². The van der Waals surface area contributed by atoms with Crippen LogP contribution in [0.25, 0.3) is 0 Å². The average Bonchev–Trinajstić information content (AvgIpc) is 2.45. The monoisotopic (exact) mass is 291 g/mol. The predicted molar refractivity (Wildman–Crippen MR) is 78.3 cm³/mol. The van der Waals surface area contributed by atoms with Crippen LogP contribution in [0.2, 0.25) is 0 Å². The van der Waals surface area contributed by atoms with Gasteiger partial charge in [0.2, 0.25) is 0 Å². The smallest absolute Gasteiger partial charge is 0.410 e. The molecule has 1 aliphatic rings. The number of morpholine rings is 1. The standard InChI is InChI=1S/C16H21NO4/c1-16(2,3)21-15(19)17-8-9-20-11-14(17)13-7-5-4-6-12(13)10-18/h4-7,10,14H,8-9,11H2,1-3H3. The number of nitrogens with zero attached hydrogens (tertiary/aromatic N) is 1. The van der Waals surface area contributed by atoms with Gasteiger partial charge in [0.1, 0.15) is 11.9 Å². The third-order valence-corrected chi connectivity index (χ3v) is 3.24. The van der Waals surface area contributed by atoms with Crippen LogP contribution < -0.4 is 0 Å². The fourth-order valence-electron chi connectivity index (χ4n) is 2.32. The summed E-state index contributed by atoms with van der Waals surface area (Å²) in [6, 6.07) is 6.94. The molecule has 1 heterocycles. The Kier molecular flexibility index (Phi) is 4.63. The van der Waals surface area contributed by atoms with Crippen molar-refractivity contribution in [2.75, 3.05) is 19.8 Å². The molecule has 0 spiro atoms. The van der Waals surface area contributed by atoms with E-state index in [9.17, 15) is 9.59 Å². The van der Waals surface area contributed by atoms with Gasteiger partial charge < -0.3 is 9.47 Å². The Labute approximate surface area is 124 Å². The molecule has 1 aromatic carbocycles. The van der Waals surface area contributed by atoms with Crippen LogP contribution in [-0.2, 0) is 9.47 Å². The van der Waals surface area contributed by atoms with Crippen molar-refractivity contribution in [2.24, 2.45) is 0 Å². The second-order valence-electron chi connectivity index (χ2n) is 6.01. The van der Waals surface area contributed by atoms with Crippen LogP contribution >= 0.6 is 0 Å². The van der Waals surface area contributed by atoms with Gasteiger partial charge in [0.25, 0.3) is 0 Å². The quantitative estimate of drug-likeness (QED) is 0.786. The molecule has 0 bridgehead atoms. The molecule has 2 rings (SSSR count). The minimum atomic E-state index is -0.551. The van der Waals surface area contributed by atoms with E-state index in [1.54, 1.807) is 17.0 Å². The SMILES string of the molecule is CC(C)(C)OC(=O)N1CCOCC1c1ccccc1C=O.